The van der Waals surface area contributed by atoms with Crippen molar-refractivity contribution in [3.63, 3.8) is 0 Å². The molecule has 0 saturated heterocycles. The van der Waals surface area contributed by atoms with Gasteiger partial charge in [0.15, 0.2) is 6.61 Å². The maximum absolute atomic E-state index is 12.4. The van der Waals surface area contributed by atoms with Crippen LogP contribution in [0.5, 0.6) is 11.5 Å². The average molecular weight is 447 g/mol. The van der Waals surface area contributed by atoms with Crippen molar-refractivity contribution < 1.29 is 23.8 Å². The number of unbranched alkanes of at least 4 members (excludes halogenated alkanes) is 1. The SMILES string of the molecule is CC(C)(C)OC(=O)Nc1ccc2c(c1)N(CCCCOc1ccc(Cl)cc1)C(=O)CO2. The number of carbonyl (C=O) groups excluding carboxylic acids is 2. The number of hydrogen-bond donors (Lipinski definition) is 1. The first-order chi connectivity index (χ1) is 14.7. The topological polar surface area (TPSA) is 77.1 Å². The molecule has 2 amide bonds. The highest BCUT2D eigenvalue weighted by molar-refractivity contribution is 6.30. The van der Waals surface area contributed by atoms with E-state index in [0.29, 0.717) is 35.3 Å². The molecule has 0 fully saturated rings. The van der Waals surface area contributed by atoms with Gasteiger partial charge in [0, 0.05) is 17.3 Å². The Kier molecular flexibility index (Phi) is 7.28. The van der Waals surface area contributed by atoms with Gasteiger partial charge in [0.2, 0.25) is 0 Å². The Balaban J connectivity index is 1.57. The molecule has 0 radical (unpaired) electrons. The van der Waals surface area contributed by atoms with Gasteiger partial charge in [0.1, 0.15) is 17.1 Å². The van der Waals surface area contributed by atoms with Crippen molar-refractivity contribution in [3.05, 3.63) is 47.5 Å². The number of carbonyl (C=O) groups is 2. The number of halogens is 1. The van der Waals surface area contributed by atoms with Crippen LogP contribution in [-0.2, 0) is 9.53 Å². The highest BCUT2D eigenvalue weighted by Gasteiger charge is 2.26. The van der Waals surface area contributed by atoms with Gasteiger partial charge in [-0.25, -0.2) is 4.79 Å². The van der Waals surface area contributed by atoms with Crippen LogP contribution in [0.3, 0.4) is 0 Å². The molecule has 7 nitrogen and oxygen atoms in total. The summed E-state index contributed by atoms with van der Waals surface area (Å²) >= 11 is 5.87. The fraction of sp³-hybridized carbons (Fsp3) is 0.391. The van der Waals surface area contributed by atoms with E-state index in [4.69, 9.17) is 25.8 Å². The summed E-state index contributed by atoms with van der Waals surface area (Å²) in [5.74, 6) is 1.24. The first-order valence-corrected chi connectivity index (χ1v) is 10.5. The Bertz CT molecular complexity index is 925. The second-order valence-electron chi connectivity index (χ2n) is 8.15. The lowest BCUT2D eigenvalue weighted by molar-refractivity contribution is -0.121. The van der Waals surface area contributed by atoms with Crippen LogP contribution in [0.15, 0.2) is 42.5 Å². The van der Waals surface area contributed by atoms with Crippen LogP contribution in [0.1, 0.15) is 33.6 Å². The molecule has 0 spiro atoms. The van der Waals surface area contributed by atoms with Gasteiger partial charge in [0.25, 0.3) is 5.91 Å². The Hall–Kier alpha value is -2.93. The van der Waals surface area contributed by atoms with E-state index in [0.717, 1.165) is 18.6 Å². The van der Waals surface area contributed by atoms with Gasteiger partial charge in [0.05, 0.1) is 12.3 Å². The van der Waals surface area contributed by atoms with Gasteiger partial charge in [-0.05, 0) is 76.1 Å². The minimum atomic E-state index is -0.600. The van der Waals surface area contributed by atoms with Crippen molar-refractivity contribution in [3.8, 4) is 11.5 Å². The number of hydrogen-bond acceptors (Lipinski definition) is 5. The quantitative estimate of drug-likeness (QED) is 0.586. The molecule has 1 aliphatic heterocycles. The fourth-order valence-corrected chi connectivity index (χ4v) is 3.17. The predicted molar refractivity (Wildman–Crippen MR) is 120 cm³/mol. The van der Waals surface area contributed by atoms with Gasteiger partial charge in [-0.15, -0.1) is 0 Å². The molecule has 3 rings (SSSR count). The molecule has 2 aromatic carbocycles. The summed E-state index contributed by atoms with van der Waals surface area (Å²) in [6, 6.07) is 12.4. The highest BCUT2D eigenvalue weighted by Crippen LogP contribution is 2.35. The standard InChI is InChI=1S/C23H27ClN2O5/c1-23(2,3)31-22(28)25-17-8-11-20-19(14-17)26(21(27)15-30-20)12-4-5-13-29-18-9-6-16(24)7-10-18/h6-11,14H,4-5,12-13,15H2,1-3H3,(H,25,28). The van der Waals surface area contributed by atoms with Gasteiger partial charge in [-0.1, -0.05) is 11.6 Å². The van der Waals surface area contributed by atoms with Crippen molar-refractivity contribution in [1.82, 2.24) is 0 Å². The minimum absolute atomic E-state index is 0.00683. The molecule has 0 unspecified atom stereocenters. The number of ether oxygens (including phenoxy) is 3. The summed E-state index contributed by atoms with van der Waals surface area (Å²) in [7, 11) is 0. The van der Waals surface area contributed by atoms with E-state index < -0.39 is 11.7 Å². The van der Waals surface area contributed by atoms with E-state index in [1.165, 1.54) is 0 Å². The number of rotatable bonds is 7. The zero-order valence-electron chi connectivity index (χ0n) is 17.9. The van der Waals surface area contributed by atoms with Crippen LogP contribution >= 0.6 is 11.6 Å². The maximum atomic E-state index is 12.4. The molecule has 1 N–H and O–H groups in total. The lowest BCUT2D eigenvalue weighted by atomic mass is 10.2. The lowest BCUT2D eigenvalue weighted by Gasteiger charge is -2.30. The summed E-state index contributed by atoms with van der Waals surface area (Å²) in [6.45, 7) is 6.44. The Morgan fingerprint density at radius 2 is 1.90 bits per heavy atom. The van der Waals surface area contributed by atoms with Crippen molar-refractivity contribution >= 4 is 35.0 Å². The summed E-state index contributed by atoms with van der Waals surface area (Å²) in [6.07, 6.45) is 0.974. The highest BCUT2D eigenvalue weighted by atomic mass is 35.5. The van der Waals surface area contributed by atoms with E-state index in [-0.39, 0.29) is 12.5 Å². The first-order valence-electron chi connectivity index (χ1n) is 10.2. The van der Waals surface area contributed by atoms with E-state index >= 15 is 0 Å². The molecule has 166 valence electrons. The minimum Gasteiger partial charge on any atom is -0.494 e. The third-order valence-corrected chi connectivity index (χ3v) is 4.66. The lowest BCUT2D eigenvalue weighted by Crippen LogP contribution is -2.39. The third kappa shape index (κ3) is 6.79. The number of benzene rings is 2. The molecule has 0 bridgehead atoms. The summed E-state index contributed by atoms with van der Waals surface area (Å²) in [5, 5.41) is 3.36. The van der Waals surface area contributed by atoms with E-state index in [1.807, 2.05) is 12.1 Å². The normalized spacial score (nSPS) is 13.3. The van der Waals surface area contributed by atoms with Crippen LogP contribution in [0, 0.1) is 0 Å². The third-order valence-electron chi connectivity index (χ3n) is 4.41. The molecular formula is C23H27ClN2O5. The second-order valence-corrected chi connectivity index (χ2v) is 8.59. The van der Waals surface area contributed by atoms with E-state index in [9.17, 15) is 9.59 Å². The molecule has 31 heavy (non-hydrogen) atoms. The van der Waals surface area contributed by atoms with Crippen LogP contribution < -0.4 is 19.7 Å². The largest absolute Gasteiger partial charge is 0.494 e. The molecule has 0 saturated carbocycles. The molecule has 0 aromatic heterocycles. The second kappa shape index (κ2) is 9.92. The van der Waals surface area contributed by atoms with Crippen LogP contribution in [-0.4, -0.2) is 37.4 Å². The summed E-state index contributed by atoms with van der Waals surface area (Å²) in [4.78, 5) is 26.2. The smallest absolute Gasteiger partial charge is 0.412 e. The number of nitrogens with zero attached hydrogens (tertiary/aromatic N) is 1. The van der Waals surface area contributed by atoms with Gasteiger partial charge >= 0.3 is 6.09 Å². The number of amides is 2. The van der Waals surface area contributed by atoms with Crippen LogP contribution in [0.4, 0.5) is 16.2 Å². The zero-order valence-corrected chi connectivity index (χ0v) is 18.7. The van der Waals surface area contributed by atoms with Crippen LogP contribution in [0.25, 0.3) is 0 Å². The zero-order chi connectivity index (χ0) is 22.4. The Morgan fingerprint density at radius 3 is 2.61 bits per heavy atom. The molecule has 2 aromatic rings. The molecular weight excluding hydrogens is 420 g/mol. The molecule has 8 heteroatoms. The van der Waals surface area contributed by atoms with E-state index in [2.05, 4.69) is 5.32 Å². The number of nitrogens with one attached hydrogen (secondary N) is 1. The molecule has 1 heterocycles. The van der Waals surface area contributed by atoms with Gasteiger partial charge < -0.3 is 19.1 Å². The van der Waals surface area contributed by atoms with Crippen molar-refractivity contribution in [2.24, 2.45) is 0 Å². The van der Waals surface area contributed by atoms with E-state index in [1.54, 1.807) is 56.0 Å². The van der Waals surface area contributed by atoms with Crippen LogP contribution in [0.2, 0.25) is 5.02 Å². The Labute approximate surface area is 187 Å². The maximum Gasteiger partial charge on any atom is 0.412 e. The van der Waals surface area contributed by atoms with Crippen molar-refractivity contribution in [1.29, 1.82) is 0 Å². The average Bonchev–Trinajstić information content (AvgIpc) is 2.69. The summed E-state index contributed by atoms with van der Waals surface area (Å²) in [5.41, 5.74) is 0.558. The predicted octanol–water partition coefficient (Wildman–Crippen LogP) is 5.27. The monoisotopic (exact) mass is 446 g/mol. The summed E-state index contributed by atoms with van der Waals surface area (Å²) < 4.78 is 16.5. The van der Waals surface area contributed by atoms with Crippen molar-refractivity contribution in [2.75, 3.05) is 30.0 Å². The first kappa shape index (κ1) is 22.7. The van der Waals surface area contributed by atoms with Crippen molar-refractivity contribution in [2.45, 2.75) is 39.2 Å². The van der Waals surface area contributed by atoms with Gasteiger partial charge in [-0.2, -0.15) is 0 Å². The Morgan fingerprint density at radius 1 is 1.16 bits per heavy atom. The number of fused-ring (bicyclic) bond motifs is 1. The molecule has 1 aliphatic rings. The fourth-order valence-electron chi connectivity index (χ4n) is 3.04. The molecule has 0 atom stereocenters. The number of anilines is 2. The van der Waals surface area contributed by atoms with Gasteiger partial charge in [-0.3, -0.25) is 10.1 Å². The molecule has 0 aliphatic carbocycles.